The van der Waals surface area contributed by atoms with E-state index in [1.54, 1.807) is 0 Å². The van der Waals surface area contributed by atoms with Crippen molar-refractivity contribution in [2.75, 3.05) is 24.7 Å². The Balaban J connectivity index is 1.97. The first-order valence-corrected chi connectivity index (χ1v) is 8.93. The Bertz CT molecular complexity index is 262. The summed E-state index contributed by atoms with van der Waals surface area (Å²) >= 11 is 2.05. The third-order valence-corrected chi connectivity index (χ3v) is 6.05. The van der Waals surface area contributed by atoms with Gasteiger partial charge in [0, 0.05) is 18.2 Å². The lowest BCUT2D eigenvalue weighted by molar-refractivity contribution is -0.0975. The van der Waals surface area contributed by atoms with Gasteiger partial charge in [0.25, 0.3) is 0 Å². The molecule has 4 heteroatoms. The van der Waals surface area contributed by atoms with Crippen LogP contribution >= 0.6 is 11.8 Å². The summed E-state index contributed by atoms with van der Waals surface area (Å²) in [5, 5.41) is 13.5. The number of nitrogens with one attached hydrogen (secondary N) is 1. The lowest BCUT2D eigenvalue weighted by Crippen LogP contribution is -2.57. The summed E-state index contributed by atoms with van der Waals surface area (Å²) in [5.74, 6) is 2.47. The largest absolute Gasteiger partial charge is 0.394 e. The van der Waals surface area contributed by atoms with Crippen LogP contribution in [0.25, 0.3) is 0 Å². The average molecular weight is 287 g/mol. The smallest absolute Gasteiger partial charge is 0.0713 e. The standard InChI is InChI=1S/C15H29NO2S/c1-3-14(4-2,12-17)16-13-5-8-18-15(11-13)6-9-19-10-7-15/h13,16-17H,3-12H2,1-2H3. The minimum atomic E-state index is -0.0907. The second-order valence-electron chi connectivity index (χ2n) is 6.12. The summed E-state index contributed by atoms with van der Waals surface area (Å²) in [5.41, 5.74) is 0.0382. The monoisotopic (exact) mass is 287 g/mol. The Morgan fingerprint density at radius 1 is 1.32 bits per heavy atom. The Morgan fingerprint density at radius 2 is 2.00 bits per heavy atom. The fraction of sp³-hybridized carbons (Fsp3) is 1.00. The molecular weight excluding hydrogens is 258 g/mol. The molecule has 112 valence electrons. The van der Waals surface area contributed by atoms with E-state index in [4.69, 9.17) is 4.74 Å². The van der Waals surface area contributed by atoms with E-state index in [1.165, 1.54) is 24.3 Å². The summed E-state index contributed by atoms with van der Waals surface area (Å²) in [6.45, 7) is 5.44. The molecule has 2 aliphatic heterocycles. The second-order valence-corrected chi connectivity index (χ2v) is 7.35. The topological polar surface area (TPSA) is 41.5 Å². The van der Waals surface area contributed by atoms with Crippen LogP contribution in [0.2, 0.25) is 0 Å². The minimum Gasteiger partial charge on any atom is -0.394 e. The van der Waals surface area contributed by atoms with Gasteiger partial charge in [-0.05, 0) is 50.0 Å². The van der Waals surface area contributed by atoms with Crippen LogP contribution in [0.3, 0.4) is 0 Å². The number of hydrogen-bond acceptors (Lipinski definition) is 4. The van der Waals surface area contributed by atoms with Gasteiger partial charge < -0.3 is 15.2 Å². The van der Waals surface area contributed by atoms with Crippen LogP contribution in [0.5, 0.6) is 0 Å². The predicted molar refractivity (Wildman–Crippen MR) is 81.8 cm³/mol. The van der Waals surface area contributed by atoms with Crippen molar-refractivity contribution >= 4 is 11.8 Å². The van der Waals surface area contributed by atoms with Crippen molar-refractivity contribution in [3.63, 3.8) is 0 Å². The van der Waals surface area contributed by atoms with E-state index in [9.17, 15) is 5.11 Å². The molecule has 3 nitrogen and oxygen atoms in total. The highest BCUT2D eigenvalue weighted by Crippen LogP contribution is 2.38. The third-order valence-electron chi connectivity index (χ3n) is 5.06. The van der Waals surface area contributed by atoms with Crippen molar-refractivity contribution < 1.29 is 9.84 Å². The maximum atomic E-state index is 9.71. The van der Waals surface area contributed by atoms with Gasteiger partial charge in [-0.2, -0.15) is 11.8 Å². The number of aliphatic hydroxyl groups is 1. The molecule has 2 heterocycles. The molecule has 1 unspecified atom stereocenters. The predicted octanol–water partition coefficient (Wildman–Crippen LogP) is 2.57. The van der Waals surface area contributed by atoms with Gasteiger partial charge in [0.1, 0.15) is 0 Å². The van der Waals surface area contributed by atoms with Gasteiger partial charge in [0.15, 0.2) is 0 Å². The minimum absolute atomic E-state index is 0.0907. The molecule has 0 aromatic heterocycles. The maximum Gasteiger partial charge on any atom is 0.0713 e. The molecule has 2 fully saturated rings. The second kappa shape index (κ2) is 6.79. The van der Waals surface area contributed by atoms with Crippen LogP contribution in [0, 0.1) is 0 Å². The molecule has 0 aromatic rings. The normalized spacial score (nSPS) is 27.6. The highest BCUT2D eigenvalue weighted by molar-refractivity contribution is 7.99. The summed E-state index contributed by atoms with van der Waals surface area (Å²) in [7, 11) is 0. The summed E-state index contributed by atoms with van der Waals surface area (Å²) in [6, 6.07) is 0.504. The van der Waals surface area contributed by atoms with Crippen molar-refractivity contribution in [2.24, 2.45) is 0 Å². The molecule has 1 spiro atoms. The van der Waals surface area contributed by atoms with Crippen molar-refractivity contribution in [1.29, 1.82) is 0 Å². The molecule has 1 atom stereocenters. The Morgan fingerprint density at radius 3 is 2.58 bits per heavy atom. The fourth-order valence-electron chi connectivity index (χ4n) is 3.40. The van der Waals surface area contributed by atoms with Crippen molar-refractivity contribution in [3.8, 4) is 0 Å². The quantitative estimate of drug-likeness (QED) is 0.815. The van der Waals surface area contributed by atoms with Crippen LogP contribution in [0.1, 0.15) is 52.4 Å². The zero-order valence-corrected chi connectivity index (χ0v) is 13.2. The van der Waals surface area contributed by atoms with Crippen LogP contribution in [0.4, 0.5) is 0 Å². The van der Waals surface area contributed by atoms with Gasteiger partial charge in [-0.3, -0.25) is 0 Å². The van der Waals surface area contributed by atoms with E-state index in [2.05, 4.69) is 30.9 Å². The van der Waals surface area contributed by atoms with E-state index < -0.39 is 0 Å². The first kappa shape index (κ1) is 15.6. The van der Waals surface area contributed by atoms with E-state index in [-0.39, 0.29) is 17.7 Å². The molecular formula is C15H29NO2S. The number of aliphatic hydroxyl groups excluding tert-OH is 1. The molecule has 0 aliphatic carbocycles. The fourth-order valence-corrected chi connectivity index (χ4v) is 4.64. The molecule has 0 amide bonds. The van der Waals surface area contributed by atoms with E-state index in [0.29, 0.717) is 6.04 Å². The first-order chi connectivity index (χ1) is 9.17. The van der Waals surface area contributed by atoms with Gasteiger partial charge in [0.2, 0.25) is 0 Å². The zero-order valence-electron chi connectivity index (χ0n) is 12.4. The van der Waals surface area contributed by atoms with Crippen molar-refractivity contribution in [2.45, 2.75) is 69.6 Å². The number of ether oxygens (including phenoxy) is 1. The van der Waals surface area contributed by atoms with E-state index in [1.807, 2.05) is 0 Å². The third kappa shape index (κ3) is 3.66. The molecule has 0 saturated carbocycles. The lowest BCUT2D eigenvalue weighted by atomic mass is 9.83. The van der Waals surface area contributed by atoms with Gasteiger partial charge in [0.05, 0.1) is 12.2 Å². The molecule has 0 radical (unpaired) electrons. The number of thioether (sulfide) groups is 1. The molecule has 0 bridgehead atoms. The van der Waals surface area contributed by atoms with Gasteiger partial charge >= 0.3 is 0 Å². The highest BCUT2D eigenvalue weighted by Gasteiger charge is 2.40. The van der Waals surface area contributed by atoms with E-state index in [0.717, 1.165) is 32.3 Å². The van der Waals surface area contributed by atoms with Crippen molar-refractivity contribution in [1.82, 2.24) is 5.32 Å². The van der Waals surface area contributed by atoms with Crippen LogP contribution < -0.4 is 5.32 Å². The average Bonchev–Trinajstić information content (AvgIpc) is 2.46. The van der Waals surface area contributed by atoms with Crippen LogP contribution in [-0.4, -0.2) is 47.0 Å². The molecule has 19 heavy (non-hydrogen) atoms. The zero-order chi connectivity index (χ0) is 13.8. The molecule has 2 N–H and O–H groups in total. The molecule has 2 rings (SSSR count). The molecule has 0 aromatic carbocycles. The summed E-state index contributed by atoms with van der Waals surface area (Å²) in [4.78, 5) is 0. The molecule has 2 aliphatic rings. The van der Waals surface area contributed by atoms with Gasteiger partial charge in [-0.1, -0.05) is 13.8 Å². The van der Waals surface area contributed by atoms with Crippen LogP contribution in [0.15, 0.2) is 0 Å². The Kier molecular flexibility index (Phi) is 5.58. The summed E-state index contributed by atoms with van der Waals surface area (Å²) < 4.78 is 6.14. The van der Waals surface area contributed by atoms with Crippen LogP contribution in [-0.2, 0) is 4.74 Å². The Labute approximate surface area is 121 Å². The maximum absolute atomic E-state index is 9.71. The first-order valence-electron chi connectivity index (χ1n) is 7.78. The van der Waals surface area contributed by atoms with Gasteiger partial charge in [-0.15, -0.1) is 0 Å². The number of rotatable bonds is 5. The van der Waals surface area contributed by atoms with E-state index >= 15 is 0 Å². The van der Waals surface area contributed by atoms with Crippen molar-refractivity contribution in [3.05, 3.63) is 0 Å². The SMILES string of the molecule is CCC(CC)(CO)NC1CCOC2(CCSCC2)C1. The summed E-state index contributed by atoms with van der Waals surface area (Å²) in [6.07, 6.45) is 6.56. The van der Waals surface area contributed by atoms with Gasteiger partial charge in [-0.25, -0.2) is 0 Å². The lowest BCUT2D eigenvalue weighted by Gasteiger charge is -2.46. The Hall–Kier alpha value is 0.230. The highest BCUT2D eigenvalue weighted by atomic mass is 32.2. The number of hydrogen-bond donors (Lipinski definition) is 2. The molecule has 2 saturated heterocycles.